The molecule has 1 nitrogen and oxygen atoms in total. The van der Waals surface area contributed by atoms with Crippen LogP contribution in [0.2, 0.25) is 0 Å². The molecule has 0 saturated carbocycles. The normalized spacial score (nSPS) is 8.67. The molecule has 9 heavy (non-hydrogen) atoms. The molecule has 0 aliphatic rings. The maximum Gasteiger partial charge on any atom is 0.114 e. The summed E-state index contributed by atoms with van der Waals surface area (Å²) < 4.78 is 5.16. The third-order valence-electron chi connectivity index (χ3n) is 0.956. The third kappa shape index (κ3) is 3.83. The van der Waals surface area contributed by atoms with Gasteiger partial charge in [0.2, 0.25) is 0 Å². The minimum absolute atomic E-state index is 0.705. The molecule has 0 rings (SSSR count). The molecule has 0 aromatic rings. The van der Waals surface area contributed by atoms with E-state index in [0.29, 0.717) is 5.76 Å². The fourth-order valence-corrected chi connectivity index (χ4v) is 0.348. The smallest absolute Gasteiger partial charge is 0.114 e. The zero-order chi connectivity index (χ0) is 7.28. The first kappa shape index (κ1) is 8.28. The van der Waals surface area contributed by atoms with Crippen LogP contribution in [0.4, 0.5) is 0 Å². The number of hydrogen-bond acceptors (Lipinski definition) is 1. The van der Waals surface area contributed by atoms with Gasteiger partial charge in [0, 0.05) is 0 Å². The first-order valence-electron chi connectivity index (χ1n) is 3.16. The second-order valence-corrected chi connectivity index (χ2v) is 2.05. The number of allylic oxidation sites excluding steroid dienone is 1. The van der Waals surface area contributed by atoms with Gasteiger partial charge >= 0.3 is 0 Å². The fourth-order valence-electron chi connectivity index (χ4n) is 0.348. The van der Waals surface area contributed by atoms with Crippen LogP contribution in [-0.4, -0.2) is 6.61 Å². The van der Waals surface area contributed by atoms with E-state index in [1.807, 2.05) is 6.92 Å². The molecule has 52 valence electrons. The lowest BCUT2D eigenvalue weighted by molar-refractivity contribution is 0.222. The highest BCUT2D eigenvalue weighted by Crippen LogP contribution is 2.04. The lowest BCUT2D eigenvalue weighted by Gasteiger charge is -2.05. The molecule has 0 heterocycles. The van der Waals surface area contributed by atoms with E-state index in [1.165, 1.54) is 0 Å². The SMILES string of the molecule is C=C(C)C(=C)OCCC. The molecule has 0 unspecified atom stereocenters. The zero-order valence-electron chi connectivity index (χ0n) is 6.24. The Morgan fingerprint density at radius 3 is 2.33 bits per heavy atom. The molecular formula is C8H14O. The van der Waals surface area contributed by atoms with Crippen LogP contribution in [0.5, 0.6) is 0 Å². The summed E-state index contributed by atoms with van der Waals surface area (Å²) >= 11 is 0. The van der Waals surface area contributed by atoms with Crippen LogP contribution in [0.3, 0.4) is 0 Å². The third-order valence-corrected chi connectivity index (χ3v) is 0.956. The van der Waals surface area contributed by atoms with Gasteiger partial charge in [0.05, 0.1) is 6.61 Å². The largest absolute Gasteiger partial charge is 0.494 e. The summed E-state index contributed by atoms with van der Waals surface area (Å²) in [6.45, 7) is 12.0. The Morgan fingerprint density at radius 2 is 2.00 bits per heavy atom. The van der Waals surface area contributed by atoms with Gasteiger partial charge in [-0.3, -0.25) is 0 Å². The molecule has 0 aromatic heterocycles. The first-order valence-corrected chi connectivity index (χ1v) is 3.16. The van der Waals surface area contributed by atoms with Gasteiger partial charge in [-0.25, -0.2) is 0 Å². The van der Waals surface area contributed by atoms with E-state index in [9.17, 15) is 0 Å². The van der Waals surface area contributed by atoms with E-state index >= 15 is 0 Å². The molecule has 0 amide bonds. The first-order chi connectivity index (χ1) is 4.18. The Balaban J connectivity index is 3.39. The van der Waals surface area contributed by atoms with Crippen LogP contribution in [-0.2, 0) is 4.74 Å². The van der Waals surface area contributed by atoms with Crippen molar-refractivity contribution in [1.82, 2.24) is 0 Å². The van der Waals surface area contributed by atoms with Crippen LogP contribution < -0.4 is 0 Å². The minimum Gasteiger partial charge on any atom is -0.494 e. The standard InChI is InChI=1S/C8H14O/c1-5-6-9-8(4)7(2)3/h2,4-6H2,1,3H3. The highest BCUT2D eigenvalue weighted by Gasteiger charge is 1.91. The summed E-state index contributed by atoms with van der Waals surface area (Å²) in [6.07, 6.45) is 1.02. The van der Waals surface area contributed by atoms with E-state index in [1.54, 1.807) is 0 Å². The lowest BCUT2D eigenvalue weighted by atomic mass is 10.3. The number of hydrogen-bond donors (Lipinski definition) is 0. The Hall–Kier alpha value is -0.720. The lowest BCUT2D eigenvalue weighted by Crippen LogP contribution is -1.92. The molecular weight excluding hydrogens is 112 g/mol. The predicted molar refractivity (Wildman–Crippen MR) is 40.2 cm³/mol. The van der Waals surface area contributed by atoms with Gasteiger partial charge in [-0.05, 0) is 18.9 Å². The highest BCUT2D eigenvalue weighted by atomic mass is 16.5. The Bertz CT molecular complexity index is 114. The van der Waals surface area contributed by atoms with Gasteiger partial charge in [0.15, 0.2) is 0 Å². The van der Waals surface area contributed by atoms with Gasteiger partial charge < -0.3 is 4.74 Å². The molecule has 0 atom stereocenters. The average Bonchev–Trinajstić information content (AvgIpc) is 1.82. The van der Waals surface area contributed by atoms with Crippen LogP contribution in [0, 0.1) is 0 Å². The van der Waals surface area contributed by atoms with Crippen molar-refractivity contribution in [3.63, 3.8) is 0 Å². The summed E-state index contributed by atoms with van der Waals surface area (Å²) in [5.74, 6) is 0.705. The van der Waals surface area contributed by atoms with Crippen molar-refractivity contribution in [2.75, 3.05) is 6.61 Å². The predicted octanol–water partition coefficient (Wildman–Crippen LogP) is 2.50. The molecule has 0 bridgehead atoms. The molecule has 0 aromatic carbocycles. The summed E-state index contributed by atoms with van der Waals surface area (Å²) in [4.78, 5) is 0. The van der Waals surface area contributed by atoms with Crippen molar-refractivity contribution in [2.24, 2.45) is 0 Å². The van der Waals surface area contributed by atoms with Crippen molar-refractivity contribution in [2.45, 2.75) is 20.3 Å². The van der Waals surface area contributed by atoms with E-state index < -0.39 is 0 Å². The van der Waals surface area contributed by atoms with Crippen molar-refractivity contribution in [3.05, 3.63) is 24.5 Å². The fraction of sp³-hybridized carbons (Fsp3) is 0.500. The quantitative estimate of drug-likeness (QED) is 0.415. The van der Waals surface area contributed by atoms with Crippen molar-refractivity contribution < 1.29 is 4.74 Å². The van der Waals surface area contributed by atoms with E-state index in [2.05, 4.69) is 20.1 Å². The molecule has 0 spiro atoms. The molecule has 0 aliphatic carbocycles. The van der Waals surface area contributed by atoms with Gasteiger partial charge in [-0.2, -0.15) is 0 Å². The maximum absolute atomic E-state index is 5.16. The second-order valence-electron chi connectivity index (χ2n) is 2.05. The van der Waals surface area contributed by atoms with Gasteiger partial charge in [0.1, 0.15) is 5.76 Å². The Labute approximate surface area is 57.0 Å². The highest BCUT2D eigenvalue weighted by molar-refractivity contribution is 5.15. The molecule has 0 fully saturated rings. The van der Waals surface area contributed by atoms with Crippen LogP contribution in [0.25, 0.3) is 0 Å². The zero-order valence-corrected chi connectivity index (χ0v) is 6.24. The Kier molecular flexibility index (Phi) is 3.85. The summed E-state index contributed by atoms with van der Waals surface area (Å²) in [6, 6.07) is 0. The molecule has 1 heteroatoms. The van der Waals surface area contributed by atoms with Crippen LogP contribution in [0.1, 0.15) is 20.3 Å². The van der Waals surface area contributed by atoms with E-state index in [4.69, 9.17) is 4.74 Å². The van der Waals surface area contributed by atoms with E-state index in [-0.39, 0.29) is 0 Å². The van der Waals surface area contributed by atoms with Crippen LogP contribution in [0.15, 0.2) is 24.5 Å². The molecule has 0 N–H and O–H groups in total. The van der Waals surface area contributed by atoms with Gasteiger partial charge in [0.25, 0.3) is 0 Å². The molecule has 0 radical (unpaired) electrons. The minimum atomic E-state index is 0.705. The Morgan fingerprint density at radius 1 is 1.44 bits per heavy atom. The number of ether oxygens (including phenoxy) is 1. The summed E-state index contributed by atoms with van der Waals surface area (Å²) in [7, 11) is 0. The average molecular weight is 126 g/mol. The number of rotatable bonds is 4. The maximum atomic E-state index is 5.16. The van der Waals surface area contributed by atoms with E-state index in [0.717, 1.165) is 18.6 Å². The summed E-state index contributed by atoms with van der Waals surface area (Å²) in [5, 5.41) is 0. The molecule has 0 aliphatic heterocycles. The van der Waals surface area contributed by atoms with Gasteiger partial charge in [-0.15, -0.1) is 0 Å². The van der Waals surface area contributed by atoms with Crippen molar-refractivity contribution in [3.8, 4) is 0 Å². The summed E-state index contributed by atoms with van der Waals surface area (Å²) in [5.41, 5.74) is 0.906. The molecule has 0 saturated heterocycles. The van der Waals surface area contributed by atoms with Crippen LogP contribution >= 0.6 is 0 Å². The monoisotopic (exact) mass is 126 g/mol. The van der Waals surface area contributed by atoms with Gasteiger partial charge in [-0.1, -0.05) is 20.1 Å². The second kappa shape index (κ2) is 4.19. The van der Waals surface area contributed by atoms with Crippen molar-refractivity contribution >= 4 is 0 Å². The van der Waals surface area contributed by atoms with Crippen molar-refractivity contribution in [1.29, 1.82) is 0 Å². The topological polar surface area (TPSA) is 9.23 Å².